The molecular weight excluding hydrogens is 508 g/mol. The van der Waals surface area contributed by atoms with Crippen molar-refractivity contribution in [2.24, 2.45) is 0 Å². The first-order chi connectivity index (χ1) is 20.8. The minimum Gasteiger partial charge on any atom is -0.264 e. The lowest BCUT2D eigenvalue weighted by atomic mass is 9.84. The Balaban J connectivity index is 1.41. The summed E-state index contributed by atoms with van der Waals surface area (Å²) < 4.78 is 0. The van der Waals surface area contributed by atoms with E-state index in [9.17, 15) is 0 Å². The first-order valence-electron chi connectivity index (χ1n) is 14.2. The van der Waals surface area contributed by atoms with Crippen LogP contribution in [0, 0.1) is 0 Å². The van der Waals surface area contributed by atoms with Gasteiger partial charge in [0, 0.05) is 29.7 Å². The molecule has 2 nitrogen and oxygen atoms in total. The van der Waals surface area contributed by atoms with Crippen LogP contribution >= 0.6 is 0 Å². The average molecular weight is 535 g/mol. The summed E-state index contributed by atoms with van der Waals surface area (Å²) in [4.78, 5) is 9.05. The van der Waals surface area contributed by atoms with Gasteiger partial charge in [0.2, 0.25) is 0 Å². The van der Waals surface area contributed by atoms with Crippen molar-refractivity contribution in [1.29, 1.82) is 0 Å². The number of nitrogens with zero attached hydrogens (tertiary/aromatic N) is 2. The van der Waals surface area contributed by atoms with Crippen LogP contribution < -0.4 is 0 Å². The predicted molar refractivity (Wildman–Crippen MR) is 176 cm³/mol. The number of pyridine rings is 2. The number of aromatic nitrogens is 2. The number of hydrogen-bond donors (Lipinski definition) is 0. The maximum absolute atomic E-state index is 4.80. The van der Waals surface area contributed by atoms with Gasteiger partial charge in [0.25, 0.3) is 0 Å². The van der Waals surface area contributed by atoms with Crippen molar-refractivity contribution in [3.8, 4) is 44.6 Å². The Morgan fingerprint density at radius 2 is 1.02 bits per heavy atom. The van der Waals surface area contributed by atoms with Crippen LogP contribution in [0.4, 0.5) is 0 Å². The van der Waals surface area contributed by atoms with Gasteiger partial charge in [-0.1, -0.05) is 109 Å². The molecule has 0 fully saturated rings. The molecule has 0 aliphatic rings. The molecule has 0 aliphatic carbocycles. The van der Waals surface area contributed by atoms with Gasteiger partial charge in [-0.05, 0) is 90.5 Å². The van der Waals surface area contributed by atoms with E-state index in [2.05, 4.69) is 132 Å². The molecule has 0 saturated carbocycles. The fraction of sp³-hybridized carbons (Fsp3) is 0. The van der Waals surface area contributed by atoms with E-state index >= 15 is 0 Å². The lowest BCUT2D eigenvalue weighted by Crippen LogP contribution is -1.92. The molecule has 42 heavy (non-hydrogen) atoms. The molecule has 0 spiro atoms. The molecule has 0 radical (unpaired) electrons. The molecule has 2 heterocycles. The Bertz CT molecular complexity index is 2220. The van der Waals surface area contributed by atoms with Gasteiger partial charge in [0.15, 0.2) is 0 Å². The van der Waals surface area contributed by atoms with Crippen LogP contribution in [0.3, 0.4) is 0 Å². The maximum atomic E-state index is 4.80. The standard InChI is InChI=1S/C40H26N2/c1-2-10-28(11-3-1)39-34-14-6-7-15-35(34)40(31-17-16-27-9-4-5-12-29(27)23-31)37-24-30(18-20-36(37)39)32-19-21-38(42-26-32)33-13-8-22-41-25-33/h1-26H. The zero-order chi connectivity index (χ0) is 27.9. The zero-order valence-electron chi connectivity index (χ0n) is 22.9. The van der Waals surface area contributed by atoms with E-state index in [1.54, 1.807) is 6.20 Å². The van der Waals surface area contributed by atoms with Gasteiger partial charge in [-0.3, -0.25) is 9.97 Å². The van der Waals surface area contributed by atoms with Gasteiger partial charge in [0.1, 0.15) is 0 Å². The third kappa shape index (κ3) is 4.13. The minimum atomic E-state index is 0.918. The summed E-state index contributed by atoms with van der Waals surface area (Å²) in [7, 11) is 0. The molecule has 0 amide bonds. The van der Waals surface area contributed by atoms with E-state index in [-0.39, 0.29) is 0 Å². The minimum absolute atomic E-state index is 0.918. The van der Waals surface area contributed by atoms with Gasteiger partial charge in [-0.25, -0.2) is 0 Å². The molecule has 0 saturated heterocycles. The molecule has 0 N–H and O–H groups in total. The zero-order valence-corrected chi connectivity index (χ0v) is 22.9. The maximum Gasteiger partial charge on any atom is 0.0717 e. The lowest BCUT2D eigenvalue weighted by Gasteiger charge is -2.19. The fourth-order valence-corrected chi connectivity index (χ4v) is 6.18. The summed E-state index contributed by atoms with van der Waals surface area (Å²) in [5.41, 5.74) is 9.13. The first kappa shape index (κ1) is 24.2. The molecule has 196 valence electrons. The second-order valence-corrected chi connectivity index (χ2v) is 10.7. The van der Waals surface area contributed by atoms with Gasteiger partial charge in [-0.15, -0.1) is 0 Å². The Morgan fingerprint density at radius 3 is 1.79 bits per heavy atom. The Kier molecular flexibility index (Phi) is 5.82. The van der Waals surface area contributed by atoms with Crippen LogP contribution in [0.5, 0.6) is 0 Å². The van der Waals surface area contributed by atoms with E-state index in [1.807, 2.05) is 24.5 Å². The van der Waals surface area contributed by atoms with E-state index in [1.165, 1.54) is 54.6 Å². The topological polar surface area (TPSA) is 25.8 Å². The van der Waals surface area contributed by atoms with Crippen molar-refractivity contribution < 1.29 is 0 Å². The second kappa shape index (κ2) is 10.1. The summed E-state index contributed by atoms with van der Waals surface area (Å²) in [5.74, 6) is 0. The van der Waals surface area contributed by atoms with Crippen LogP contribution in [0.1, 0.15) is 0 Å². The quantitative estimate of drug-likeness (QED) is 0.210. The summed E-state index contributed by atoms with van der Waals surface area (Å²) in [6.45, 7) is 0. The van der Waals surface area contributed by atoms with E-state index in [0.29, 0.717) is 0 Å². The molecule has 0 bridgehead atoms. The SMILES string of the molecule is c1ccc(-c2c3ccccc3c(-c3ccc4ccccc4c3)c3cc(-c4ccc(-c5cccnc5)nc4)ccc23)cc1. The van der Waals surface area contributed by atoms with E-state index in [0.717, 1.165) is 22.4 Å². The smallest absolute Gasteiger partial charge is 0.0717 e. The lowest BCUT2D eigenvalue weighted by molar-refractivity contribution is 1.28. The average Bonchev–Trinajstić information content (AvgIpc) is 3.07. The predicted octanol–water partition coefficient (Wildman–Crippen LogP) is 10.6. The highest BCUT2D eigenvalue weighted by Crippen LogP contribution is 2.45. The number of benzene rings is 6. The number of fused-ring (bicyclic) bond motifs is 3. The van der Waals surface area contributed by atoms with Crippen LogP contribution in [-0.4, -0.2) is 9.97 Å². The number of rotatable bonds is 4. The van der Waals surface area contributed by atoms with Crippen LogP contribution in [0.25, 0.3) is 77.0 Å². The van der Waals surface area contributed by atoms with E-state index in [4.69, 9.17) is 4.98 Å². The number of hydrogen-bond acceptors (Lipinski definition) is 2. The largest absolute Gasteiger partial charge is 0.264 e. The monoisotopic (exact) mass is 534 g/mol. The van der Waals surface area contributed by atoms with Crippen molar-refractivity contribution in [2.45, 2.75) is 0 Å². The van der Waals surface area contributed by atoms with Crippen LogP contribution in [0.15, 0.2) is 158 Å². The van der Waals surface area contributed by atoms with Crippen LogP contribution in [-0.2, 0) is 0 Å². The van der Waals surface area contributed by atoms with Crippen molar-refractivity contribution in [1.82, 2.24) is 9.97 Å². The summed E-state index contributed by atoms with van der Waals surface area (Å²) in [6.07, 6.45) is 5.61. The molecule has 0 aliphatic heterocycles. The second-order valence-electron chi connectivity index (χ2n) is 10.7. The highest BCUT2D eigenvalue weighted by Gasteiger charge is 2.17. The summed E-state index contributed by atoms with van der Waals surface area (Å²) in [6, 6.07) is 50.1. The Morgan fingerprint density at radius 1 is 0.357 bits per heavy atom. The van der Waals surface area contributed by atoms with E-state index < -0.39 is 0 Å². The van der Waals surface area contributed by atoms with Crippen LogP contribution in [0.2, 0.25) is 0 Å². The molecular formula is C40H26N2. The molecule has 8 rings (SSSR count). The Labute approximate surface area is 244 Å². The highest BCUT2D eigenvalue weighted by atomic mass is 14.7. The van der Waals surface area contributed by atoms with Gasteiger partial charge >= 0.3 is 0 Å². The van der Waals surface area contributed by atoms with Crippen molar-refractivity contribution in [3.05, 3.63) is 158 Å². The highest BCUT2D eigenvalue weighted by molar-refractivity contribution is 6.22. The molecule has 8 aromatic rings. The summed E-state index contributed by atoms with van der Waals surface area (Å²) >= 11 is 0. The first-order valence-corrected chi connectivity index (χ1v) is 14.2. The molecule has 6 aromatic carbocycles. The Hall–Kier alpha value is -5.60. The normalized spacial score (nSPS) is 11.3. The molecule has 2 heteroatoms. The molecule has 0 unspecified atom stereocenters. The fourth-order valence-electron chi connectivity index (χ4n) is 6.18. The van der Waals surface area contributed by atoms with Gasteiger partial charge in [-0.2, -0.15) is 0 Å². The molecule has 2 aromatic heterocycles. The van der Waals surface area contributed by atoms with Gasteiger partial charge < -0.3 is 0 Å². The van der Waals surface area contributed by atoms with Crippen molar-refractivity contribution >= 4 is 32.3 Å². The van der Waals surface area contributed by atoms with Gasteiger partial charge in [0.05, 0.1) is 5.69 Å². The third-order valence-corrected chi connectivity index (χ3v) is 8.18. The van der Waals surface area contributed by atoms with Crippen molar-refractivity contribution in [2.75, 3.05) is 0 Å². The summed E-state index contributed by atoms with van der Waals surface area (Å²) in [5, 5.41) is 7.47. The van der Waals surface area contributed by atoms with Crippen molar-refractivity contribution in [3.63, 3.8) is 0 Å². The third-order valence-electron chi connectivity index (χ3n) is 8.18. The molecule has 0 atom stereocenters.